The molecule has 0 radical (unpaired) electrons. The van der Waals surface area contributed by atoms with E-state index in [0.717, 1.165) is 11.1 Å². The van der Waals surface area contributed by atoms with Crippen LogP contribution in [-0.2, 0) is 6.42 Å². The number of benzene rings is 2. The predicted octanol–water partition coefficient (Wildman–Crippen LogP) is 4.16. The molecule has 1 aromatic heterocycles. The number of carboxylic acids is 1. The number of halogens is 2. The molecule has 1 heterocycles. The number of hydrogen-bond donors (Lipinski definition) is 2. The summed E-state index contributed by atoms with van der Waals surface area (Å²) >= 11 is 12.3. The van der Waals surface area contributed by atoms with Crippen LogP contribution in [0.1, 0.15) is 28.4 Å². The minimum atomic E-state index is -1.26. The molecule has 26 heavy (non-hydrogen) atoms. The van der Waals surface area contributed by atoms with Gasteiger partial charge >= 0.3 is 5.97 Å². The van der Waals surface area contributed by atoms with Gasteiger partial charge < -0.3 is 10.5 Å². The number of aromatic carboxylic acids is 1. The molecule has 7 heteroatoms. The molecule has 134 valence electrons. The number of carboxylic acid groups (broad SMARTS) is 1. The SMILES string of the molecule is CCNn1cc(C(=O)O)c(=O)c2cc(Cc3cccc(Cl)c3Cl)ccc21. The third-order valence-corrected chi connectivity index (χ3v) is 4.91. The van der Waals surface area contributed by atoms with Crippen molar-refractivity contribution in [2.24, 2.45) is 0 Å². The first kappa shape index (κ1) is 18.3. The van der Waals surface area contributed by atoms with Gasteiger partial charge in [0.25, 0.3) is 0 Å². The predicted molar refractivity (Wildman–Crippen MR) is 104 cm³/mol. The van der Waals surface area contributed by atoms with Gasteiger partial charge in [-0.25, -0.2) is 4.79 Å². The second kappa shape index (κ2) is 7.40. The average molecular weight is 391 g/mol. The van der Waals surface area contributed by atoms with Crippen LogP contribution in [0.4, 0.5) is 0 Å². The van der Waals surface area contributed by atoms with Gasteiger partial charge in [-0.1, -0.05) is 41.4 Å². The third-order valence-electron chi connectivity index (χ3n) is 4.05. The number of nitrogens with one attached hydrogen (secondary N) is 1. The largest absolute Gasteiger partial charge is 0.477 e. The lowest BCUT2D eigenvalue weighted by atomic mass is 10.0. The molecule has 3 aromatic rings. The van der Waals surface area contributed by atoms with Crippen LogP contribution in [0, 0.1) is 0 Å². The van der Waals surface area contributed by atoms with Crippen LogP contribution in [-0.4, -0.2) is 22.3 Å². The highest BCUT2D eigenvalue weighted by atomic mass is 35.5. The summed E-state index contributed by atoms with van der Waals surface area (Å²) in [7, 11) is 0. The Morgan fingerprint density at radius 3 is 2.69 bits per heavy atom. The van der Waals surface area contributed by atoms with Crippen LogP contribution in [0.15, 0.2) is 47.4 Å². The Hall–Kier alpha value is -2.50. The molecule has 3 rings (SSSR count). The van der Waals surface area contributed by atoms with Gasteiger partial charge in [0.05, 0.1) is 15.6 Å². The molecule has 0 unspecified atom stereocenters. The topological polar surface area (TPSA) is 71.3 Å². The van der Waals surface area contributed by atoms with Gasteiger partial charge in [-0.15, -0.1) is 0 Å². The second-order valence-electron chi connectivity index (χ2n) is 5.80. The van der Waals surface area contributed by atoms with E-state index in [9.17, 15) is 14.7 Å². The molecule has 0 aliphatic heterocycles. The molecular formula is C19H16Cl2N2O3. The highest BCUT2D eigenvalue weighted by molar-refractivity contribution is 6.42. The van der Waals surface area contributed by atoms with E-state index in [1.165, 1.54) is 6.20 Å². The number of nitrogens with zero attached hydrogens (tertiary/aromatic N) is 1. The molecule has 2 aromatic carbocycles. The Balaban J connectivity index is 2.15. The van der Waals surface area contributed by atoms with Crippen LogP contribution in [0.3, 0.4) is 0 Å². The number of aromatic nitrogens is 1. The maximum atomic E-state index is 12.6. The Kier molecular flexibility index (Phi) is 5.20. The van der Waals surface area contributed by atoms with E-state index in [1.54, 1.807) is 22.9 Å². The van der Waals surface area contributed by atoms with Gasteiger partial charge in [-0.2, -0.15) is 0 Å². The van der Waals surface area contributed by atoms with E-state index >= 15 is 0 Å². The summed E-state index contributed by atoms with van der Waals surface area (Å²) in [5.74, 6) is -1.26. The Labute approximate surface area is 159 Å². The van der Waals surface area contributed by atoms with E-state index in [4.69, 9.17) is 23.2 Å². The highest BCUT2D eigenvalue weighted by Crippen LogP contribution is 2.28. The number of rotatable bonds is 5. The van der Waals surface area contributed by atoms with E-state index < -0.39 is 11.4 Å². The standard InChI is InChI=1S/C19H16Cl2N2O3/c1-2-22-23-10-14(19(25)26)18(24)13-9-11(6-7-16(13)23)8-12-4-3-5-15(20)17(12)21/h3-7,9-10,22H,2,8H2,1H3,(H,25,26). The molecule has 0 fully saturated rings. The van der Waals surface area contributed by atoms with Crippen molar-refractivity contribution < 1.29 is 9.90 Å². The molecule has 0 aliphatic rings. The van der Waals surface area contributed by atoms with E-state index in [-0.39, 0.29) is 5.56 Å². The lowest BCUT2D eigenvalue weighted by Gasteiger charge is -2.14. The molecule has 0 atom stereocenters. The Bertz CT molecular complexity index is 1060. The Morgan fingerprint density at radius 1 is 1.23 bits per heavy atom. The molecular weight excluding hydrogens is 375 g/mol. The molecule has 0 amide bonds. The molecule has 0 bridgehead atoms. The van der Waals surface area contributed by atoms with E-state index in [0.29, 0.717) is 33.9 Å². The second-order valence-corrected chi connectivity index (χ2v) is 6.59. The van der Waals surface area contributed by atoms with E-state index in [2.05, 4.69) is 5.43 Å². The molecule has 2 N–H and O–H groups in total. The lowest BCUT2D eigenvalue weighted by Crippen LogP contribution is -2.23. The maximum Gasteiger partial charge on any atom is 0.341 e. The van der Waals surface area contributed by atoms with Crippen molar-refractivity contribution in [2.75, 3.05) is 12.0 Å². The van der Waals surface area contributed by atoms with Gasteiger partial charge in [0.2, 0.25) is 5.43 Å². The first-order valence-electron chi connectivity index (χ1n) is 8.00. The van der Waals surface area contributed by atoms with Crippen molar-refractivity contribution in [3.63, 3.8) is 0 Å². The van der Waals surface area contributed by atoms with Crippen molar-refractivity contribution >= 4 is 40.1 Å². The zero-order valence-electron chi connectivity index (χ0n) is 13.9. The minimum Gasteiger partial charge on any atom is -0.477 e. The van der Waals surface area contributed by atoms with Gasteiger partial charge in [-0.3, -0.25) is 9.47 Å². The maximum absolute atomic E-state index is 12.6. The molecule has 0 saturated heterocycles. The van der Waals surface area contributed by atoms with Crippen LogP contribution in [0.5, 0.6) is 0 Å². The first-order valence-corrected chi connectivity index (χ1v) is 8.76. The fourth-order valence-electron chi connectivity index (χ4n) is 2.85. The van der Waals surface area contributed by atoms with Crippen LogP contribution in [0.25, 0.3) is 10.9 Å². The monoisotopic (exact) mass is 390 g/mol. The van der Waals surface area contributed by atoms with Crippen LogP contribution < -0.4 is 10.9 Å². The van der Waals surface area contributed by atoms with Gasteiger partial charge in [0.1, 0.15) is 5.56 Å². The number of hydrogen-bond acceptors (Lipinski definition) is 3. The summed E-state index contributed by atoms with van der Waals surface area (Å²) in [6.07, 6.45) is 1.79. The van der Waals surface area contributed by atoms with Crippen molar-refractivity contribution in [3.8, 4) is 0 Å². The summed E-state index contributed by atoms with van der Waals surface area (Å²) in [6.45, 7) is 2.47. The molecule has 0 spiro atoms. The average Bonchev–Trinajstić information content (AvgIpc) is 2.61. The smallest absolute Gasteiger partial charge is 0.341 e. The summed E-state index contributed by atoms with van der Waals surface area (Å²) in [5, 5.41) is 10.6. The Morgan fingerprint density at radius 2 is 2.00 bits per heavy atom. The van der Waals surface area contributed by atoms with Crippen molar-refractivity contribution in [3.05, 3.63) is 79.6 Å². The fourth-order valence-corrected chi connectivity index (χ4v) is 3.23. The number of pyridine rings is 1. The molecule has 0 saturated carbocycles. The summed E-state index contributed by atoms with van der Waals surface area (Å²) < 4.78 is 1.57. The fraction of sp³-hybridized carbons (Fsp3) is 0.158. The van der Waals surface area contributed by atoms with Crippen LogP contribution >= 0.6 is 23.2 Å². The van der Waals surface area contributed by atoms with Crippen molar-refractivity contribution in [2.45, 2.75) is 13.3 Å². The number of carbonyl (C=O) groups is 1. The summed E-state index contributed by atoms with van der Waals surface area (Å²) in [6, 6.07) is 10.8. The number of fused-ring (bicyclic) bond motifs is 1. The van der Waals surface area contributed by atoms with Crippen LogP contribution in [0.2, 0.25) is 10.0 Å². The lowest BCUT2D eigenvalue weighted by molar-refractivity contribution is 0.0695. The zero-order chi connectivity index (χ0) is 18.8. The first-order chi connectivity index (χ1) is 12.4. The van der Waals surface area contributed by atoms with E-state index in [1.807, 2.05) is 25.1 Å². The molecule has 0 aliphatic carbocycles. The normalized spacial score (nSPS) is 10.9. The van der Waals surface area contributed by atoms with Gasteiger partial charge in [0.15, 0.2) is 0 Å². The minimum absolute atomic E-state index is 0.281. The molecule has 5 nitrogen and oxygen atoms in total. The van der Waals surface area contributed by atoms with Gasteiger partial charge in [-0.05, 0) is 42.7 Å². The third kappa shape index (κ3) is 3.41. The van der Waals surface area contributed by atoms with Crippen molar-refractivity contribution in [1.29, 1.82) is 0 Å². The summed E-state index contributed by atoms with van der Waals surface area (Å²) in [5.41, 5.74) is 4.52. The highest BCUT2D eigenvalue weighted by Gasteiger charge is 2.15. The van der Waals surface area contributed by atoms with Gasteiger partial charge in [0, 0.05) is 18.1 Å². The van der Waals surface area contributed by atoms with Crippen molar-refractivity contribution in [1.82, 2.24) is 4.68 Å². The zero-order valence-corrected chi connectivity index (χ0v) is 15.4. The quantitative estimate of drug-likeness (QED) is 0.685. The summed E-state index contributed by atoms with van der Waals surface area (Å²) in [4.78, 5) is 24.0.